The molecule has 1 amide bonds. The number of amides is 1. The maximum absolute atomic E-state index is 12.6. The third-order valence-electron chi connectivity index (χ3n) is 4.77. The standard InChI is InChI=1S/C19H25N3O3S2/c1-21(2)17(18-6-5-13-26-18)14-20-19(23)15-7-9-16(10-8-15)27(24,25)22-11-3-4-12-22/h5-10,13,17H,3-4,11-12,14H2,1-2H3,(H,20,23)/t17-/m1/s1. The Morgan fingerprint density at radius 2 is 1.85 bits per heavy atom. The van der Waals surface area contributed by atoms with Gasteiger partial charge < -0.3 is 10.2 Å². The number of nitrogens with zero attached hydrogens (tertiary/aromatic N) is 2. The van der Waals surface area contributed by atoms with Crippen molar-refractivity contribution < 1.29 is 13.2 Å². The van der Waals surface area contributed by atoms with Gasteiger partial charge in [0.1, 0.15) is 0 Å². The van der Waals surface area contributed by atoms with Crippen LogP contribution in [0.3, 0.4) is 0 Å². The number of benzene rings is 1. The Balaban J connectivity index is 1.65. The normalized spacial score (nSPS) is 16.6. The number of sulfonamides is 1. The highest BCUT2D eigenvalue weighted by molar-refractivity contribution is 7.89. The molecule has 0 saturated carbocycles. The molecule has 0 bridgehead atoms. The SMILES string of the molecule is CN(C)[C@H](CNC(=O)c1ccc(S(=O)(=O)N2CCCC2)cc1)c1cccs1. The zero-order valence-electron chi connectivity index (χ0n) is 15.6. The van der Waals surface area contributed by atoms with E-state index in [-0.39, 0.29) is 16.8 Å². The van der Waals surface area contributed by atoms with Crippen molar-refractivity contribution in [3.05, 3.63) is 52.2 Å². The van der Waals surface area contributed by atoms with Gasteiger partial charge in [-0.2, -0.15) is 4.31 Å². The van der Waals surface area contributed by atoms with Gasteiger partial charge in [-0.1, -0.05) is 6.07 Å². The predicted octanol–water partition coefficient (Wildman–Crippen LogP) is 2.57. The molecule has 146 valence electrons. The number of hydrogen-bond acceptors (Lipinski definition) is 5. The lowest BCUT2D eigenvalue weighted by Gasteiger charge is -2.23. The smallest absolute Gasteiger partial charge is 0.251 e. The summed E-state index contributed by atoms with van der Waals surface area (Å²) in [7, 11) is 0.510. The van der Waals surface area contributed by atoms with Gasteiger partial charge in [0.2, 0.25) is 10.0 Å². The Morgan fingerprint density at radius 1 is 1.19 bits per heavy atom. The first kappa shape index (κ1) is 20.0. The minimum Gasteiger partial charge on any atom is -0.350 e. The van der Waals surface area contributed by atoms with Crippen LogP contribution in [-0.4, -0.2) is 57.3 Å². The first-order valence-electron chi connectivity index (χ1n) is 8.98. The minimum absolute atomic E-state index is 0.101. The van der Waals surface area contributed by atoms with Crippen LogP contribution in [-0.2, 0) is 10.0 Å². The van der Waals surface area contributed by atoms with Crippen LogP contribution in [0.25, 0.3) is 0 Å². The second kappa shape index (κ2) is 8.52. The molecule has 2 heterocycles. The molecule has 1 saturated heterocycles. The van der Waals surface area contributed by atoms with Crippen molar-refractivity contribution in [3.8, 4) is 0 Å². The molecule has 1 aliphatic heterocycles. The van der Waals surface area contributed by atoms with Gasteiger partial charge in [0.25, 0.3) is 5.91 Å². The van der Waals surface area contributed by atoms with Crippen molar-refractivity contribution >= 4 is 27.3 Å². The summed E-state index contributed by atoms with van der Waals surface area (Å²) in [6.45, 7) is 1.62. The molecule has 6 nitrogen and oxygen atoms in total. The Morgan fingerprint density at radius 3 is 2.41 bits per heavy atom. The molecular formula is C19H25N3O3S2. The van der Waals surface area contributed by atoms with E-state index < -0.39 is 10.0 Å². The third kappa shape index (κ3) is 4.57. The average Bonchev–Trinajstić information content (AvgIpc) is 3.36. The summed E-state index contributed by atoms with van der Waals surface area (Å²) in [4.78, 5) is 16.0. The molecular weight excluding hydrogens is 382 g/mol. The maximum atomic E-state index is 12.6. The quantitative estimate of drug-likeness (QED) is 0.766. The number of thiophene rings is 1. The molecule has 1 aliphatic rings. The van der Waals surface area contributed by atoms with E-state index in [1.165, 1.54) is 21.3 Å². The Bertz CT molecular complexity index is 856. The molecule has 2 aromatic rings. The van der Waals surface area contributed by atoms with Crippen LogP contribution < -0.4 is 5.32 Å². The van der Waals surface area contributed by atoms with Crippen molar-refractivity contribution in [2.75, 3.05) is 33.7 Å². The van der Waals surface area contributed by atoms with Crippen molar-refractivity contribution in [2.45, 2.75) is 23.8 Å². The highest BCUT2D eigenvalue weighted by atomic mass is 32.2. The Kier molecular flexibility index (Phi) is 6.31. The minimum atomic E-state index is -3.45. The van der Waals surface area contributed by atoms with Crippen LogP contribution in [0.1, 0.15) is 34.1 Å². The number of likely N-dealkylation sites (N-methyl/N-ethyl adjacent to an activating group) is 1. The van der Waals surface area contributed by atoms with Gasteiger partial charge >= 0.3 is 0 Å². The lowest BCUT2D eigenvalue weighted by Crippen LogP contribution is -2.34. The van der Waals surface area contributed by atoms with Crippen LogP contribution in [0.2, 0.25) is 0 Å². The van der Waals surface area contributed by atoms with E-state index in [4.69, 9.17) is 0 Å². The van der Waals surface area contributed by atoms with E-state index in [0.717, 1.165) is 12.8 Å². The first-order valence-corrected chi connectivity index (χ1v) is 11.3. The molecule has 1 aromatic carbocycles. The van der Waals surface area contributed by atoms with Crippen LogP contribution in [0.5, 0.6) is 0 Å². The molecule has 8 heteroatoms. The summed E-state index contributed by atoms with van der Waals surface area (Å²) >= 11 is 1.66. The van der Waals surface area contributed by atoms with E-state index in [2.05, 4.69) is 16.3 Å². The second-order valence-electron chi connectivity index (χ2n) is 6.84. The van der Waals surface area contributed by atoms with Gasteiger partial charge in [-0.25, -0.2) is 8.42 Å². The molecule has 0 spiro atoms. The van der Waals surface area contributed by atoms with Crippen molar-refractivity contribution in [1.82, 2.24) is 14.5 Å². The van der Waals surface area contributed by atoms with Crippen LogP contribution in [0, 0.1) is 0 Å². The van der Waals surface area contributed by atoms with Crippen LogP contribution >= 0.6 is 11.3 Å². The highest BCUT2D eigenvalue weighted by Gasteiger charge is 2.27. The van der Waals surface area contributed by atoms with Gasteiger partial charge in [0, 0.05) is 30.1 Å². The lowest BCUT2D eigenvalue weighted by atomic mass is 10.2. The van der Waals surface area contributed by atoms with Gasteiger partial charge in [-0.15, -0.1) is 11.3 Å². The third-order valence-corrected chi connectivity index (χ3v) is 7.66. The molecule has 0 unspecified atom stereocenters. The van der Waals surface area contributed by atoms with Gasteiger partial charge in [0.05, 0.1) is 10.9 Å². The molecule has 27 heavy (non-hydrogen) atoms. The van der Waals surface area contributed by atoms with Gasteiger partial charge in [-0.3, -0.25) is 4.79 Å². The van der Waals surface area contributed by atoms with Crippen LogP contribution in [0.15, 0.2) is 46.7 Å². The topological polar surface area (TPSA) is 69.7 Å². The number of carbonyl (C=O) groups is 1. The van der Waals surface area contributed by atoms with E-state index in [1.807, 2.05) is 25.5 Å². The fourth-order valence-electron chi connectivity index (χ4n) is 3.17. The van der Waals surface area contributed by atoms with Crippen LogP contribution in [0.4, 0.5) is 0 Å². The summed E-state index contributed by atoms with van der Waals surface area (Å²) in [5.74, 6) is -0.205. The average molecular weight is 408 g/mol. The number of nitrogens with one attached hydrogen (secondary N) is 1. The largest absolute Gasteiger partial charge is 0.350 e. The second-order valence-corrected chi connectivity index (χ2v) is 9.76. The Labute approximate surface area is 164 Å². The van der Waals surface area contributed by atoms with E-state index in [0.29, 0.717) is 25.2 Å². The first-order chi connectivity index (χ1) is 12.9. The van der Waals surface area contributed by atoms with Crippen molar-refractivity contribution in [2.24, 2.45) is 0 Å². The summed E-state index contributed by atoms with van der Waals surface area (Å²) in [5.41, 5.74) is 0.457. The van der Waals surface area contributed by atoms with E-state index >= 15 is 0 Å². The van der Waals surface area contributed by atoms with Gasteiger partial charge in [0.15, 0.2) is 0 Å². The molecule has 1 aromatic heterocycles. The summed E-state index contributed by atoms with van der Waals surface area (Å²) in [6, 6.07) is 10.3. The fourth-order valence-corrected chi connectivity index (χ4v) is 5.61. The lowest BCUT2D eigenvalue weighted by molar-refractivity contribution is 0.0942. The number of carbonyl (C=O) groups excluding carboxylic acids is 1. The van der Waals surface area contributed by atoms with Crippen molar-refractivity contribution in [3.63, 3.8) is 0 Å². The number of hydrogen-bond donors (Lipinski definition) is 1. The van der Waals surface area contributed by atoms with E-state index in [9.17, 15) is 13.2 Å². The zero-order chi connectivity index (χ0) is 19.4. The molecule has 1 fully saturated rings. The summed E-state index contributed by atoms with van der Waals surface area (Å²) < 4.78 is 26.6. The molecule has 1 N–H and O–H groups in total. The molecule has 0 radical (unpaired) electrons. The molecule has 1 atom stereocenters. The molecule has 0 aliphatic carbocycles. The zero-order valence-corrected chi connectivity index (χ0v) is 17.2. The maximum Gasteiger partial charge on any atom is 0.251 e. The monoisotopic (exact) mass is 407 g/mol. The number of rotatable bonds is 7. The predicted molar refractivity (Wildman–Crippen MR) is 108 cm³/mol. The fraction of sp³-hybridized carbons (Fsp3) is 0.421. The van der Waals surface area contributed by atoms with Crippen molar-refractivity contribution in [1.29, 1.82) is 0 Å². The molecule has 3 rings (SSSR count). The Hall–Kier alpha value is -1.74. The summed E-state index contributed by atoms with van der Waals surface area (Å²) in [6.07, 6.45) is 1.80. The summed E-state index contributed by atoms with van der Waals surface area (Å²) in [5, 5.41) is 4.97. The van der Waals surface area contributed by atoms with Gasteiger partial charge in [-0.05, 0) is 62.6 Å². The van der Waals surface area contributed by atoms with E-state index in [1.54, 1.807) is 23.5 Å². The highest BCUT2D eigenvalue weighted by Crippen LogP contribution is 2.23.